The van der Waals surface area contributed by atoms with Crippen molar-refractivity contribution in [2.24, 2.45) is 0 Å². The molecule has 3 aromatic rings. The second kappa shape index (κ2) is 16.3. The summed E-state index contributed by atoms with van der Waals surface area (Å²) in [7, 11) is 3.20. The highest BCUT2D eigenvalue weighted by molar-refractivity contribution is 7.85. The number of anilines is 3. The van der Waals surface area contributed by atoms with E-state index in [9.17, 15) is 18.0 Å². The van der Waals surface area contributed by atoms with Crippen LogP contribution >= 0.6 is 23.2 Å². The summed E-state index contributed by atoms with van der Waals surface area (Å²) in [4.78, 5) is 48.4. The maximum absolute atomic E-state index is 12.7. The summed E-state index contributed by atoms with van der Waals surface area (Å²) in [5.74, 6) is 3.34. The fourth-order valence-electron chi connectivity index (χ4n) is 7.77. The quantitative estimate of drug-likeness (QED) is 0.333. The first-order valence-electron chi connectivity index (χ1n) is 18.2. The van der Waals surface area contributed by atoms with Gasteiger partial charge >= 0.3 is 0 Å². The Hall–Kier alpha value is -3.44. The lowest BCUT2D eigenvalue weighted by Crippen LogP contribution is -2.45. The molecular weight excluding hydrogens is 773 g/mol. The Balaban J connectivity index is 0.000000191. The van der Waals surface area contributed by atoms with Gasteiger partial charge in [0.15, 0.2) is 0 Å². The predicted molar refractivity (Wildman–Crippen MR) is 209 cm³/mol. The molecule has 1 aromatic carbocycles. The molecule has 0 radical (unpaired) electrons. The van der Waals surface area contributed by atoms with E-state index < -0.39 is 21.6 Å². The van der Waals surface area contributed by atoms with Crippen molar-refractivity contribution in [3.63, 3.8) is 0 Å². The molecule has 8 rings (SSSR count). The van der Waals surface area contributed by atoms with Gasteiger partial charge in [0.25, 0.3) is 0 Å². The summed E-state index contributed by atoms with van der Waals surface area (Å²) in [5, 5.41) is 7.66. The first-order valence-corrected chi connectivity index (χ1v) is 21.6. The van der Waals surface area contributed by atoms with Crippen LogP contribution in [0.3, 0.4) is 0 Å². The third-order valence-corrected chi connectivity index (χ3v) is 14.2. The highest BCUT2D eigenvalue weighted by Crippen LogP contribution is 2.39. The zero-order chi connectivity index (χ0) is 38.1. The Morgan fingerprint density at radius 3 is 1.80 bits per heavy atom. The van der Waals surface area contributed by atoms with Gasteiger partial charge in [0.05, 0.1) is 38.6 Å². The topological polar surface area (TPSA) is 163 Å². The zero-order valence-corrected chi connectivity index (χ0v) is 33.8. The number of hydrogen-bond acceptors (Lipinski definition) is 12. The number of benzene rings is 1. The third-order valence-electron chi connectivity index (χ3n) is 10.9. The molecule has 18 heteroatoms. The number of likely N-dealkylation sites (N-methyl/N-ethyl adjacent to an activating group) is 2. The summed E-state index contributed by atoms with van der Waals surface area (Å²) in [6.45, 7) is 2.72. The van der Waals surface area contributed by atoms with Crippen LogP contribution in [0, 0.1) is 0 Å². The van der Waals surface area contributed by atoms with E-state index >= 15 is 0 Å². The monoisotopic (exact) mass is 817 g/mol. The number of fused-ring (bicyclic) bond motifs is 2. The average Bonchev–Trinajstić information content (AvgIpc) is 3.73. The molecule has 0 spiro atoms. The average molecular weight is 819 g/mol. The van der Waals surface area contributed by atoms with Crippen LogP contribution in [0.25, 0.3) is 0 Å². The van der Waals surface area contributed by atoms with Crippen LogP contribution in [0.1, 0.15) is 55.5 Å². The number of amides is 2. The molecule has 14 nitrogen and oxygen atoms in total. The Morgan fingerprint density at radius 1 is 0.759 bits per heavy atom. The van der Waals surface area contributed by atoms with Gasteiger partial charge in [-0.1, -0.05) is 23.7 Å². The van der Waals surface area contributed by atoms with E-state index in [0.29, 0.717) is 77.8 Å². The Morgan fingerprint density at radius 2 is 1.28 bits per heavy atom. The molecule has 2 amide bonds. The van der Waals surface area contributed by atoms with Gasteiger partial charge in [0.2, 0.25) is 23.0 Å². The molecule has 4 atom stereocenters. The number of rotatable bonds is 7. The number of nitrogens with zero attached hydrogens (tertiary/aromatic N) is 7. The van der Waals surface area contributed by atoms with Gasteiger partial charge in [-0.15, -0.1) is 0 Å². The molecule has 7 heterocycles. The van der Waals surface area contributed by atoms with E-state index in [0.717, 1.165) is 60.6 Å². The second-order valence-corrected chi connectivity index (χ2v) is 18.2. The van der Waals surface area contributed by atoms with Crippen molar-refractivity contribution in [1.29, 1.82) is 0 Å². The summed E-state index contributed by atoms with van der Waals surface area (Å²) >= 11 is 12.0. The van der Waals surface area contributed by atoms with Gasteiger partial charge in [0, 0.05) is 102 Å². The second-order valence-electron chi connectivity index (χ2n) is 14.4. The maximum atomic E-state index is 12.7. The van der Waals surface area contributed by atoms with Crippen LogP contribution in [0.5, 0.6) is 0 Å². The molecule has 5 aliphatic rings. The van der Waals surface area contributed by atoms with Crippen LogP contribution in [0.4, 0.5) is 17.6 Å². The van der Waals surface area contributed by atoms with E-state index in [-0.39, 0.29) is 34.8 Å². The number of halogens is 2. The molecule has 290 valence electrons. The first-order chi connectivity index (χ1) is 25.9. The van der Waals surface area contributed by atoms with E-state index in [2.05, 4.69) is 25.5 Å². The van der Waals surface area contributed by atoms with Gasteiger partial charge in [-0.05, 0) is 55.0 Å². The number of likely N-dealkylation sites (tertiary alicyclic amines) is 2. The zero-order valence-electron chi connectivity index (χ0n) is 30.6. The smallest absolute Gasteiger partial charge is 0.227 e. The number of carbonyl (C=O) groups is 2. The highest BCUT2D eigenvalue weighted by atomic mass is 35.5. The lowest BCUT2D eigenvalue weighted by molar-refractivity contribution is -0.132. The van der Waals surface area contributed by atoms with Crippen LogP contribution < -0.4 is 15.5 Å². The van der Waals surface area contributed by atoms with Gasteiger partial charge < -0.3 is 30.1 Å². The molecule has 5 aliphatic heterocycles. The number of piperidine rings is 3. The standard InChI is InChI=1S/C24H30ClN5O3S.C12H15ClN4O2S/c1-29-15-18(7-8-20(29)31)26-22-21-19(9-14-34(21)32)27-23(28-22)30-12-10-24(33-2,11-13-30)16-3-5-17(25)6-4-16;1-17-6-7(2-3-9(17)18)14-11-10-8(4-5-20(10)19)15-12(13)16-11/h3-6,18H,7-15H2,1-2H3,(H,26,27,28);7H,2-6H2,1H3,(H,14,15,16)/t18-,34?;7-,20?/m00/s1. The SMILES string of the molecule is CN1C[C@@H](Nc2nc(Cl)nc3c2S(=O)CC3)CCC1=O.COC1(c2ccc(Cl)cc2)CCN(c2nc3c(c(N[C@H]4CCC(=O)N(C)C4)n2)S(=O)CC3)CC1. The minimum absolute atomic E-state index is 0.0829. The molecule has 0 aliphatic carbocycles. The van der Waals surface area contributed by atoms with Crippen molar-refractivity contribution >= 4 is 74.2 Å². The molecule has 0 saturated carbocycles. The highest BCUT2D eigenvalue weighted by Gasteiger charge is 2.38. The number of aryl methyl sites for hydroxylation is 2. The Labute approximate surface area is 330 Å². The summed E-state index contributed by atoms with van der Waals surface area (Å²) in [6.07, 6.45) is 5.46. The number of ether oxygens (including phenoxy) is 1. The minimum atomic E-state index is -1.10. The molecule has 3 saturated heterocycles. The fraction of sp³-hybridized carbons (Fsp3) is 0.556. The maximum Gasteiger partial charge on any atom is 0.227 e. The summed E-state index contributed by atoms with van der Waals surface area (Å²) in [5.41, 5.74) is 2.40. The molecule has 2 unspecified atom stereocenters. The van der Waals surface area contributed by atoms with Gasteiger partial charge in [-0.25, -0.2) is 9.97 Å². The molecule has 2 aromatic heterocycles. The van der Waals surface area contributed by atoms with Crippen molar-refractivity contribution in [2.45, 2.75) is 78.8 Å². The van der Waals surface area contributed by atoms with Crippen molar-refractivity contribution in [1.82, 2.24) is 29.7 Å². The Kier molecular flexibility index (Phi) is 11.7. The van der Waals surface area contributed by atoms with Crippen molar-refractivity contribution in [3.05, 3.63) is 51.5 Å². The normalized spacial score (nSPS) is 24.8. The largest absolute Gasteiger partial charge is 0.373 e. The molecular formula is C36H45Cl2N9O5S2. The lowest BCUT2D eigenvalue weighted by Gasteiger charge is -2.41. The van der Waals surface area contributed by atoms with E-state index in [1.807, 2.05) is 31.3 Å². The number of hydrogen-bond donors (Lipinski definition) is 2. The van der Waals surface area contributed by atoms with E-state index in [4.69, 9.17) is 37.9 Å². The van der Waals surface area contributed by atoms with Crippen LogP contribution in [0.15, 0.2) is 34.1 Å². The van der Waals surface area contributed by atoms with Crippen LogP contribution in [-0.2, 0) is 54.4 Å². The van der Waals surface area contributed by atoms with Crippen LogP contribution in [-0.4, -0.2) is 121 Å². The number of aromatic nitrogens is 4. The van der Waals surface area contributed by atoms with Crippen molar-refractivity contribution in [2.75, 3.05) is 74.4 Å². The van der Waals surface area contributed by atoms with Crippen molar-refractivity contribution < 1.29 is 22.7 Å². The fourth-order valence-corrected chi connectivity index (χ4v) is 10.7. The summed E-state index contributed by atoms with van der Waals surface area (Å²) < 4.78 is 30.8. The van der Waals surface area contributed by atoms with E-state index in [1.165, 1.54) is 0 Å². The van der Waals surface area contributed by atoms with Gasteiger partial charge in [-0.2, -0.15) is 9.97 Å². The van der Waals surface area contributed by atoms with Gasteiger partial charge in [-0.3, -0.25) is 18.0 Å². The molecule has 54 heavy (non-hydrogen) atoms. The number of methoxy groups -OCH3 is 1. The third kappa shape index (κ3) is 8.23. The Bertz CT molecular complexity index is 1970. The van der Waals surface area contributed by atoms with Gasteiger partial charge in [0.1, 0.15) is 21.4 Å². The van der Waals surface area contributed by atoms with Crippen molar-refractivity contribution in [3.8, 4) is 0 Å². The van der Waals surface area contributed by atoms with E-state index in [1.54, 1.807) is 24.0 Å². The molecule has 3 fully saturated rings. The molecule has 2 N–H and O–H groups in total. The summed E-state index contributed by atoms with van der Waals surface area (Å²) in [6, 6.07) is 8.07. The first kappa shape index (κ1) is 38.8. The van der Waals surface area contributed by atoms with Crippen LogP contribution in [0.2, 0.25) is 10.3 Å². The molecule has 0 bridgehead atoms. The lowest BCUT2D eigenvalue weighted by atomic mass is 9.84. The minimum Gasteiger partial charge on any atom is -0.373 e. The predicted octanol–water partition coefficient (Wildman–Crippen LogP) is 3.79. The number of nitrogens with one attached hydrogen (secondary N) is 2. The number of carbonyl (C=O) groups excluding carboxylic acids is 2.